The summed E-state index contributed by atoms with van der Waals surface area (Å²) >= 11 is 1.81. The Morgan fingerprint density at radius 1 is 0.897 bits per heavy atom. The fourth-order valence-electron chi connectivity index (χ4n) is 2.76. The summed E-state index contributed by atoms with van der Waals surface area (Å²) in [6.45, 7) is 12.4. The molecule has 2 heteroatoms. The molecule has 0 bridgehead atoms. The molecule has 0 spiro atoms. The average molecular weight is 420 g/mol. The van der Waals surface area contributed by atoms with Crippen molar-refractivity contribution < 1.29 is 0 Å². The summed E-state index contributed by atoms with van der Waals surface area (Å²) in [5.74, 6) is 0. The first kappa shape index (κ1) is 23.1. The van der Waals surface area contributed by atoms with Gasteiger partial charge in [-0.15, -0.1) is 0 Å². The molecule has 29 heavy (non-hydrogen) atoms. The van der Waals surface area contributed by atoms with E-state index in [2.05, 4.69) is 113 Å². The molecule has 1 atom stereocenters. The molecule has 0 saturated carbocycles. The molecule has 0 amide bonds. The van der Waals surface area contributed by atoms with E-state index in [9.17, 15) is 0 Å². The smallest absolute Gasteiger partial charge is 0.0991 e. The maximum atomic E-state index is 3.83. The zero-order valence-electron chi connectivity index (χ0n) is 17.9. The molecule has 0 radical (unpaired) electrons. The quantitative estimate of drug-likeness (QED) is 0.289. The highest BCUT2D eigenvalue weighted by molar-refractivity contribution is 8.04. The van der Waals surface area contributed by atoms with Gasteiger partial charge in [0, 0.05) is 9.79 Å². The van der Waals surface area contributed by atoms with Crippen molar-refractivity contribution in [1.29, 1.82) is 0 Å². The third kappa shape index (κ3) is 6.99. The van der Waals surface area contributed by atoms with Crippen LogP contribution >= 0.6 is 11.8 Å². The van der Waals surface area contributed by atoms with Gasteiger partial charge in [-0.2, -0.15) is 0 Å². The van der Waals surface area contributed by atoms with Crippen molar-refractivity contribution in [3.05, 3.63) is 113 Å². The maximum Gasteiger partial charge on any atom is 0.166 e. The Kier molecular flexibility index (Phi) is 9.90. The van der Waals surface area contributed by atoms with Crippen LogP contribution in [0.4, 0.5) is 0 Å². The van der Waals surface area contributed by atoms with Gasteiger partial charge in [-0.25, -0.2) is 0 Å². The lowest BCUT2D eigenvalue weighted by atomic mass is 10.2. The van der Waals surface area contributed by atoms with Crippen LogP contribution in [-0.2, 0) is 10.9 Å². The minimum Gasteiger partial charge on any atom is -0.0991 e. The maximum absolute atomic E-state index is 3.83. The van der Waals surface area contributed by atoms with E-state index in [4.69, 9.17) is 0 Å². The van der Waals surface area contributed by atoms with Crippen molar-refractivity contribution in [2.45, 2.75) is 48.8 Å². The Morgan fingerprint density at radius 3 is 1.97 bits per heavy atom. The standard InChI is InChI=1S/C27H31S2/c1-6-10-12-25(8-3)29(26(9-4)13-11-7-2)27-20-18-24(19-21-27)28-23-16-14-22(5)15-17-23/h6,8-21H,1,7H2,2-5H3/q+1/b12-10-,13-11-,25-8+,26-9+. The first-order valence-corrected chi connectivity index (χ1v) is 12.0. The number of benzene rings is 2. The summed E-state index contributed by atoms with van der Waals surface area (Å²) in [6, 6.07) is 17.7. The predicted octanol–water partition coefficient (Wildman–Crippen LogP) is 8.64. The molecule has 0 aliphatic rings. The minimum atomic E-state index is -0.133. The van der Waals surface area contributed by atoms with Crippen LogP contribution in [0.15, 0.2) is 122 Å². The SMILES string of the molecule is C=C/C=C\C(=C/C)[S+](C(/C=C\CC)=C/C)c1ccc(Sc2ccc(C)cc2)cc1. The third-order valence-corrected chi connectivity index (χ3v) is 7.72. The van der Waals surface area contributed by atoms with E-state index in [-0.39, 0.29) is 10.9 Å². The van der Waals surface area contributed by atoms with Gasteiger partial charge in [-0.05, 0) is 87.9 Å². The van der Waals surface area contributed by atoms with Crippen LogP contribution in [0.5, 0.6) is 0 Å². The highest BCUT2D eigenvalue weighted by atomic mass is 32.2. The Hall–Kier alpha value is -2.16. The van der Waals surface area contributed by atoms with Gasteiger partial charge in [0.05, 0.1) is 10.9 Å². The average Bonchev–Trinajstić information content (AvgIpc) is 2.75. The van der Waals surface area contributed by atoms with Crippen molar-refractivity contribution in [2.75, 3.05) is 0 Å². The third-order valence-electron chi connectivity index (χ3n) is 4.27. The summed E-state index contributed by atoms with van der Waals surface area (Å²) in [5, 5.41) is 0. The molecular formula is C27H31S2+. The normalized spacial score (nSPS) is 13.9. The first-order chi connectivity index (χ1) is 14.1. The molecule has 2 aromatic carbocycles. The summed E-state index contributed by atoms with van der Waals surface area (Å²) in [5.41, 5.74) is 1.29. The van der Waals surface area contributed by atoms with E-state index >= 15 is 0 Å². The van der Waals surface area contributed by atoms with E-state index in [1.807, 2.05) is 12.2 Å². The Balaban J connectivity index is 2.36. The molecule has 0 heterocycles. The topological polar surface area (TPSA) is 0 Å². The molecule has 0 aliphatic carbocycles. The van der Waals surface area contributed by atoms with Crippen molar-refractivity contribution in [3.8, 4) is 0 Å². The van der Waals surface area contributed by atoms with Gasteiger partial charge in [-0.1, -0.05) is 61.2 Å². The molecule has 2 rings (SSSR count). The monoisotopic (exact) mass is 419 g/mol. The lowest BCUT2D eigenvalue weighted by Crippen LogP contribution is -2.07. The van der Waals surface area contributed by atoms with E-state index in [0.29, 0.717) is 0 Å². The van der Waals surface area contributed by atoms with Crippen LogP contribution in [0.2, 0.25) is 0 Å². The minimum absolute atomic E-state index is 0.133. The van der Waals surface area contributed by atoms with Gasteiger partial charge < -0.3 is 0 Å². The van der Waals surface area contributed by atoms with Crippen LogP contribution in [0.1, 0.15) is 32.8 Å². The van der Waals surface area contributed by atoms with Gasteiger partial charge in [0.2, 0.25) is 0 Å². The number of allylic oxidation sites excluding steroid dienone is 7. The largest absolute Gasteiger partial charge is 0.166 e. The molecule has 0 aromatic heterocycles. The van der Waals surface area contributed by atoms with E-state index in [1.54, 1.807) is 11.8 Å². The number of hydrogen-bond donors (Lipinski definition) is 0. The number of rotatable bonds is 9. The molecule has 0 nitrogen and oxygen atoms in total. The molecule has 0 N–H and O–H groups in total. The summed E-state index contributed by atoms with van der Waals surface area (Å²) in [6.07, 6.45) is 16.0. The van der Waals surface area contributed by atoms with E-state index in [0.717, 1.165) is 6.42 Å². The molecule has 0 saturated heterocycles. The summed E-state index contributed by atoms with van der Waals surface area (Å²) < 4.78 is 0. The van der Waals surface area contributed by atoms with Gasteiger partial charge >= 0.3 is 0 Å². The van der Waals surface area contributed by atoms with Gasteiger partial charge in [0.1, 0.15) is 0 Å². The van der Waals surface area contributed by atoms with E-state index < -0.39 is 0 Å². The van der Waals surface area contributed by atoms with Gasteiger partial charge in [-0.3, -0.25) is 0 Å². The summed E-state index contributed by atoms with van der Waals surface area (Å²) in [7, 11) is -0.133. The fraction of sp³-hybridized carbons (Fsp3) is 0.185. The fourth-order valence-corrected chi connectivity index (χ4v) is 5.72. The van der Waals surface area contributed by atoms with Gasteiger partial charge in [0.25, 0.3) is 0 Å². The summed E-state index contributed by atoms with van der Waals surface area (Å²) in [4.78, 5) is 6.50. The molecule has 2 aromatic rings. The van der Waals surface area contributed by atoms with Gasteiger partial charge in [0.15, 0.2) is 14.7 Å². The van der Waals surface area contributed by atoms with Crippen molar-refractivity contribution in [1.82, 2.24) is 0 Å². The van der Waals surface area contributed by atoms with Crippen molar-refractivity contribution in [3.63, 3.8) is 0 Å². The second-order valence-corrected chi connectivity index (χ2v) is 9.65. The van der Waals surface area contributed by atoms with Crippen LogP contribution in [-0.4, -0.2) is 0 Å². The highest BCUT2D eigenvalue weighted by Crippen LogP contribution is 2.34. The highest BCUT2D eigenvalue weighted by Gasteiger charge is 2.29. The molecule has 0 aliphatic heterocycles. The van der Waals surface area contributed by atoms with Crippen LogP contribution in [0.3, 0.4) is 0 Å². The Labute approximate surface area is 184 Å². The molecule has 150 valence electrons. The Bertz CT molecular complexity index is 895. The second kappa shape index (κ2) is 12.4. The molecule has 0 fully saturated rings. The van der Waals surface area contributed by atoms with Crippen LogP contribution in [0.25, 0.3) is 0 Å². The Morgan fingerprint density at radius 2 is 1.45 bits per heavy atom. The lowest BCUT2D eigenvalue weighted by molar-refractivity contribution is 1.22. The molecular weight excluding hydrogens is 388 g/mol. The van der Waals surface area contributed by atoms with Crippen LogP contribution in [0, 0.1) is 6.92 Å². The number of aryl methyl sites for hydroxylation is 1. The zero-order chi connectivity index (χ0) is 21.1. The lowest BCUT2D eigenvalue weighted by Gasteiger charge is -2.10. The first-order valence-electron chi connectivity index (χ1n) is 10.00. The number of hydrogen-bond acceptors (Lipinski definition) is 1. The van der Waals surface area contributed by atoms with Crippen molar-refractivity contribution in [2.24, 2.45) is 0 Å². The van der Waals surface area contributed by atoms with Crippen molar-refractivity contribution >= 4 is 22.7 Å². The zero-order valence-corrected chi connectivity index (χ0v) is 19.5. The van der Waals surface area contributed by atoms with E-state index in [1.165, 1.54) is 30.1 Å². The predicted molar refractivity (Wildman–Crippen MR) is 134 cm³/mol. The molecule has 1 unspecified atom stereocenters. The van der Waals surface area contributed by atoms with Crippen LogP contribution < -0.4 is 0 Å². The second-order valence-electron chi connectivity index (χ2n) is 6.48.